The Kier molecular flexibility index (Phi) is 4.38. The van der Waals surface area contributed by atoms with E-state index in [1.807, 2.05) is 0 Å². The molecule has 1 aliphatic rings. The van der Waals surface area contributed by atoms with Crippen LogP contribution in [0.15, 0.2) is 18.2 Å². The Labute approximate surface area is 118 Å². The maximum atomic E-state index is 13.9. The Balaban J connectivity index is 1.95. The maximum Gasteiger partial charge on any atom is 0.305 e. The summed E-state index contributed by atoms with van der Waals surface area (Å²) < 4.78 is 19.6. The largest absolute Gasteiger partial charge is 0.373 e. The van der Waals surface area contributed by atoms with E-state index in [0.29, 0.717) is 5.41 Å². The van der Waals surface area contributed by atoms with Crippen molar-refractivity contribution in [2.75, 3.05) is 0 Å². The zero-order valence-electron chi connectivity index (χ0n) is 11.9. The molecule has 0 N–H and O–H groups in total. The van der Waals surface area contributed by atoms with Gasteiger partial charge in [0.25, 0.3) is 0 Å². The normalized spacial score (nSPS) is 18.9. The second-order valence-electron chi connectivity index (χ2n) is 6.18. The highest BCUT2D eigenvalue weighted by atomic mass is 19.1. The van der Waals surface area contributed by atoms with Gasteiger partial charge in [-0.3, -0.25) is 10.1 Å². The predicted molar refractivity (Wildman–Crippen MR) is 73.9 cm³/mol. The smallest absolute Gasteiger partial charge is 0.305 e. The second-order valence-corrected chi connectivity index (χ2v) is 6.18. The molecule has 0 bridgehead atoms. The van der Waals surface area contributed by atoms with E-state index >= 15 is 0 Å². The number of nitro benzene ring substituents is 1. The molecule has 1 aliphatic carbocycles. The van der Waals surface area contributed by atoms with Crippen LogP contribution in [0.2, 0.25) is 0 Å². The minimum absolute atomic E-state index is 0.0958. The van der Waals surface area contributed by atoms with Gasteiger partial charge >= 0.3 is 5.69 Å². The number of halogens is 1. The molecule has 2 rings (SSSR count). The molecular formula is C15H20FNO3. The summed E-state index contributed by atoms with van der Waals surface area (Å²) in [6.07, 6.45) is 4.23. The number of nitro groups is 1. The molecule has 0 atom stereocenters. The van der Waals surface area contributed by atoms with Crippen molar-refractivity contribution in [1.82, 2.24) is 0 Å². The van der Waals surface area contributed by atoms with Gasteiger partial charge in [0.05, 0.1) is 17.6 Å². The monoisotopic (exact) mass is 281 g/mol. The van der Waals surface area contributed by atoms with Crippen molar-refractivity contribution in [3.8, 4) is 0 Å². The Bertz CT molecular complexity index is 492. The zero-order valence-corrected chi connectivity index (χ0v) is 11.9. The molecule has 0 amide bonds. The Morgan fingerprint density at radius 3 is 2.65 bits per heavy atom. The third-order valence-corrected chi connectivity index (χ3v) is 4.02. The zero-order chi connectivity index (χ0) is 14.8. The highest BCUT2D eigenvalue weighted by Crippen LogP contribution is 2.36. The molecule has 1 fully saturated rings. The van der Waals surface area contributed by atoms with Crippen LogP contribution in [0.5, 0.6) is 0 Å². The van der Waals surface area contributed by atoms with Gasteiger partial charge in [0.2, 0.25) is 5.82 Å². The van der Waals surface area contributed by atoms with Gasteiger partial charge in [0.1, 0.15) is 0 Å². The van der Waals surface area contributed by atoms with E-state index in [1.165, 1.54) is 18.2 Å². The molecule has 4 nitrogen and oxygen atoms in total. The van der Waals surface area contributed by atoms with Gasteiger partial charge in [-0.05, 0) is 31.1 Å². The molecule has 20 heavy (non-hydrogen) atoms. The van der Waals surface area contributed by atoms with Crippen LogP contribution in [0.1, 0.15) is 45.1 Å². The number of hydrogen-bond donors (Lipinski definition) is 0. The third kappa shape index (κ3) is 3.54. The average molecular weight is 281 g/mol. The summed E-state index contributed by atoms with van der Waals surface area (Å²) in [5.74, 6) is -0.784. The van der Waals surface area contributed by atoms with Gasteiger partial charge in [-0.25, -0.2) is 0 Å². The molecule has 0 unspecified atom stereocenters. The van der Waals surface area contributed by atoms with Crippen LogP contribution in [-0.4, -0.2) is 11.0 Å². The fraction of sp³-hybridized carbons (Fsp3) is 0.600. The van der Waals surface area contributed by atoms with Gasteiger partial charge < -0.3 is 4.74 Å². The van der Waals surface area contributed by atoms with Crippen LogP contribution in [0, 0.1) is 21.3 Å². The van der Waals surface area contributed by atoms with Gasteiger partial charge in [-0.1, -0.05) is 26.0 Å². The topological polar surface area (TPSA) is 52.4 Å². The number of rotatable bonds is 4. The van der Waals surface area contributed by atoms with Gasteiger partial charge in [-0.15, -0.1) is 0 Å². The molecule has 1 aromatic rings. The quantitative estimate of drug-likeness (QED) is 0.613. The van der Waals surface area contributed by atoms with Crippen LogP contribution in [0.25, 0.3) is 0 Å². The Morgan fingerprint density at radius 2 is 2.05 bits per heavy atom. The van der Waals surface area contributed by atoms with Crippen LogP contribution in [0.3, 0.4) is 0 Å². The fourth-order valence-corrected chi connectivity index (χ4v) is 2.57. The van der Waals surface area contributed by atoms with Gasteiger partial charge in [0.15, 0.2) is 0 Å². The lowest BCUT2D eigenvalue weighted by Crippen LogP contribution is -2.26. The Morgan fingerprint density at radius 1 is 1.40 bits per heavy atom. The molecule has 0 radical (unpaired) electrons. The van der Waals surface area contributed by atoms with E-state index in [1.54, 1.807) is 0 Å². The summed E-state index contributed by atoms with van der Waals surface area (Å²) in [7, 11) is 0. The minimum atomic E-state index is -0.784. The molecule has 0 aliphatic heterocycles. The van der Waals surface area contributed by atoms with Crippen molar-refractivity contribution in [1.29, 1.82) is 0 Å². The SMILES string of the molecule is CC1(C)CCC(OCc2cccc([N+](=O)[O-])c2F)CC1. The highest BCUT2D eigenvalue weighted by Gasteiger charge is 2.27. The predicted octanol–water partition coefficient (Wildman–Crippen LogP) is 4.22. The van der Waals surface area contributed by atoms with Gasteiger partial charge in [0, 0.05) is 11.6 Å². The lowest BCUT2D eigenvalue weighted by Gasteiger charge is -2.34. The summed E-state index contributed by atoms with van der Waals surface area (Å²) in [5.41, 5.74) is 0.122. The van der Waals surface area contributed by atoms with Crippen LogP contribution < -0.4 is 0 Å². The summed E-state index contributed by atoms with van der Waals surface area (Å²) in [4.78, 5) is 9.97. The number of nitrogens with zero attached hydrogens (tertiary/aromatic N) is 1. The second kappa shape index (κ2) is 5.87. The van der Waals surface area contributed by atoms with Crippen molar-refractivity contribution in [3.63, 3.8) is 0 Å². The lowest BCUT2D eigenvalue weighted by atomic mass is 9.76. The van der Waals surface area contributed by atoms with E-state index in [-0.39, 0.29) is 18.3 Å². The first-order valence-corrected chi connectivity index (χ1v) is 6.92. The van der Waals surface area contributed by atoms with E-state index in [0.717, 1.165) is 25.7 Å². The summed E-state index contributed by atoms with van der Waals surface area (Å²) in [6, 6.07) is 4.20. The molecule has 0 aromatic heterocycles. The molecule has 110 valence electrons. The van der Waals surface area contributed by atoms with E-state index in [9.17, 15) is 14.5 Å². The lowest BCUT2D eigenvalue weighted by molar-refractivity contribution is -0.387. The van der Waals surface area contributed by atoms with Crippen molar-refractivity contribution in [2.24, 2.45) is 5.41 Å². The van der Waals surface area contributed by atoms with E-state index < -0.39 is 16.4 Å². The Hall–Kier alpha value is -1.49. The molecule has 1 saturated carbocycles. The number of hydrogen-bond acceptors (Lipinski definition) is 3. The van der Waals surface area contributed by atoms with Crippen molar-refractivity contribution in [2.45, 2.75) is 52.2 Å². The van der Waals surface area contributed by atoms with Crippen LogP contribution >= 0.6 is 0 Å². The fourth-order valence-electron chi connectivity index (χ4n) is 2.57. The van der Waals surface area contributed by atoms with E-state index in [4.69, 9.17) is 4.74 Å². The molecular weight excluding hydrogens is 261 g/mol. The first-order chi connectivity index (χ1) is 9.39. The van der Waals surface area contributed by atoms with Crippen molar-refractivity contribution in [3.05, 3.63) is 39.7 Å². The van der Waals surface area contributed by atoms with E-state index in [2.05, 4.69) is 13.8 Å². The summed E-state index contributed by atoms with van der Waals surface area (Å²) in [5, 5.41) is 10.7. The summed E-state index contributed by atoms with van der Waals surface area (Å²) in [6.45, 7) is 4.57. The first-order valence-electron chi connectivity index (χ1n) is 6.92. The van der Waals surface area contributed by atoms with Crippen molar-refractivity contribution < 1.29 is 14.1 Å². The molecule has 1 aromatic carbocycles. The van der Waals surface area contributed by atoms with Crippen LogP contribution in [0.4, 0.5) is 10.1 Å². The minimum Gasteiger partial charge on any atom is -0.373 e. The first kappa shape index (κ1) is 14.9. The average Bonchev–Trinajstić information content (AvgIpc) is 2.38. The van der Waals surface area contributed by atoms with Gasteiger partial charge in [-0.2, -0.15) is 4.39 Å². The molecule has 5 heteroatoms. The van der Waals surface area contributed by atoms with Crippen LogP contribution in [-0.2, 0) is 11.3 Å². The molecule has 0 heterocycles. The maximum absolute atomic E-state index is 13.9. The molecule has 0 spiro atoms. The third-order valence-electron chi connectivity index (χ3n) is 4.02. The van der Waals surface area contributed by atoms with Crippen molar-refractivity contribution >= 4 is 5.69 Å². The molecule has 0 saturated heterocycles. The highest BCUT2D eigenvalue weighted by molar-refractivity contribution is 5.36. The number of benzene rings is 1. The summed E-state index contributed by atoms with van der Waals surface area (Å²) >= 11 is 0. The standard InChI is InChI=1S/C15H20FNO3/c1-15(2)8-6-12(7-9-15)20-10-11-4-3-5-13(14(11)16)17(18)19/h3-5,12H,6-10H2,1-2H3. The number of ether oxygens (including phenoxy) is 1.